The number of rotatable bonds is 7. The van der Waals surface area contributed by atoms with Gasteiger partial charge in [-0.1, -0.05) is 36.4 Å². The highest BCUT2D eigenvalue weighted by Gasteiger charge is 2.19. The van der Waals surface area contributed by atoms with Crippen molar-refractivity contribution in [3.8, 4) is 28.7 Å². The number of fused-ring (bicyclic) bond motifs is 3. The van der Waals surface area contributed by atoms with Crippen molar-refractivity contribution in [1.29, 1.82) is 0 Å². The molecule has 0 fully saturated rings. The van der Waals surface area contributed by atoms with Crippen molar-refractivity contribution in [3.05, 3.63) is 76.5 Å². The summed E-state index contributed by atoms with van der Waals surface area (Å²) in [6.07, 6.45) is 0. The lowest BCUT2D eigenvalue weighted by Gasteiger charge is -2.16. The minimum atomic E-state index is -0.150. The summed E-state index contributed by atoms with van der Waals surface area (Å²) in [4.78, 5) is 13.0. The Kier molecular flexibility index (Phi) is 6.03. The molecule has 4 rings (SSSR count). The van der Waals surface area contributed by atoms with Gasteiger partial charge in [-0.05, 0) is 35.2 Å². The van der Waals surface area contributed by atoms with E-state index in [9.17, 15) is 4.79 Å². The van der Waals surface area contributed by atoms with Gasteiger partial charge in [-0.3, -0.25) is 4.79 Å². The van der Waals surface area contributed by atoms with Gasteiger partial charge >= 0.3 is 0 Å². The van der Waals surface area contributed by atoms with E-state index in [1.54, 1.807) is 46.6 Å². The van der Waals surface area contributed by atoms with Crippen molar-refractivity contribution in [1.82, 2.24) is 0 Å². The maximum Gasteiger partial charge on any atom is 0.203 e. The van der Waals surface area contributed by atoms with Crippen LogP contribution in [0.5, 0.6) is 28.7 Å². The van der Waals surface area contributed by atoms with Crippen LogP contribution in [0, 0.1) is 0 Å². The Bertz CT molecular complexity index is 1330. The minimum Gasteiger partial charge on any atom is -0.493 e. The van der Waals surface area contributed by atoms with E-state index in [0.29, 0.717) is 46.1 Å². The van der Waals surface area contributed by atoms with E-state index >= 15 is 0 Å². The average molecular weight is 432 g/mol. The number of methoxy groups -OCH3 is 4. The summed E-state index contributed by atoms with van der Waals surface area (Å²) < 4.78 is 28.4. The Morgan fingerprint density at radius 1 is 0.656 bits per heavy atom. The van der Waals surface area contributed by atoms with Crippen LogP contribution in [-0.2, 0) is 6.61 Å². The van der Waals surface area contributed by atoms with Gasteiger partial charge in [0.2, 0.25) is 5.75 Å². The minimum absolute atomic E-state index is 0.150. The van der Waals surface area contributed by atoms with E-state index in [1.807, 2.05) is 36.4 Å². The van der Waals surface area contributed by atoms with Crippen molar-refractivity contribution >= 4 is 21.5 Å². The monoisotopic (exact) mass is 432 g/mol. The second-order valence-corrected chi connectivity index (χ2v) is 7.13. The maximum absolute atomic E-state index is 13.0. The fourth-order valence-corrected chi connectivity index (χ4v) is 3.82. The van der Waals surface area contributed by atoms with Crippen LogP contribution in [-0.4, -0.2) is 28.4 Å². The van der Waals surface area contributed by atoms with Gasteiger partial charge in [0, 0.05) is 16.2 Å². The highest BCUT2D eigenvalue weighted by Crippen LogP contribution is 2.46. The number of benzene rings is 3. The average Bonchev–Trinajstić information content (AvgIpc) is 2.97. The Hall–Kier alpha value is -3.93. The van der Waals surface area contributed by atoms with E-state index in [4.69, 9.17) is 23.7 Å². The van der Waals surface area contributed by atoms with Crippen LogP contribution in [0.25, 0.3) is 21.5 Å². The van der Waals surface area contributed by atoms with Crippen LogP contribution in [0.2, 0.25) is 0 Å². The fraction of sp³-hybridized carbons (Fsp3) is 0.192. The topological polar surface area (TPSA) is 63.2 Å². The molecule has 6 heteroatoms. The first kappa shape index (κ1) is 21.3. The highest BCUT2D eigenvalue weighted by molar-refractivity contribution is 6.11. The van der Waals surface area contributed by atoms with Crippen LogP contribution in [0.3, 0.4) is 0 Å². The summed E-state index contributed by atoms with van der Waals surface area (Å²) in [5.41, 5.74) is 0.864. The predicted octanol–water partition coefficient (Wildman–Crippen LogP) is 4.97. The summed E-state index contributed by atoms with van der Waals surface area (Å²) in [5, 5.41) is 2.63. The smallest absolute Gasteiger partial charge is 0.203 e. The zero-order valence-corrected chi connectivity index (χ0v) is 18.4. The molecule has 164 valence electrons. The molecule has 4 aromatic rings. The SMILES string of the molecule is COc1cc2c(cc1OCc1ccccc1)c(=O)ccc1cc(OC)c(OC)c(OC)c12. The molecule has 6 nitrogen and oxygen atoms in total. The van der Waals surface area contributed by atoms with Crippen molar-refractivity contribution in [3.63, 3.8) is 0 Å². The third-order valence-electron chi connectivity index (χ3n) is 5.35. The maximum atomic E-state index is 13.0. The van der Waals surface area contributed by atoms with Crippen LogP contribution in [0.1, 0.15) is 5.56 Å². The number of hydrogen-bond donors (Lipinski definition) is 0. The Balaban J connectivity index is 2.00. The molecule has 0 saturated heterocycles. The molecular weight excluding hydrogens is 408 g/mol. The lowest BCUT2D eigenvalue weighted by molar-refractivity contribution is 0.285. The van der Waals surface area contributed by atoms with Gasteiger partial charge in [0.15, 0.2) is 28.4 Å². The molecule has 0 saturated carbocycles. The lowest BCUT2D eigenvalue weighted by Crippen LogP contribution is -2.01. The van der Waals surface area contributed by atoms with Gasteiger partial charge in [0.1, 0.15) is 6.61 Å². The first-order valence-electron chi connectivity index (χ1n) is 10.1. The van der Waals surface area contributed by atoms with Gasteiger partial charge in [-0.2, -0.15) is 0 Å². The molecule has 0 N–H and O–H groups in total. The first-order valence-corrected chi connectivity index (χ1v) is 10.1. The molecule has 4 aromatic carbocycles. The molecule has 32 heavy (non-hydrogen) atoms. The van der Waals surface area contributed by atoms with Crippen LogP contribution >= 0.6 is 0 Å². The summed E-state index contributed by atoms with van der Waals surface area (Å²) in [7, 11) is 6.23. The van der Waals surface area contributed by atoms with E-state index in [0.717, 1.165) is 16.3 Å². The molecule has 0 unspecified atom stereocenters. The van der Waals surface area contributed by atoms with Crippen molar-refractivity contribution < 1.29 is 23.7 Å². The lowest BCUT2D eigenvalue weighted by atomic mass is 10.0. The van der Waals surface area contributed by atoms with Crippen LogP contribution in [0.15, 0.2) is 65.5 Å². The van der Waals surface area contributed by atoms with Gasteiger partial charge < -0.3 is 23.7 Å². The second kappa shape index (κ2) is 9.06. The number of ether oxygens (including phenoxy) is 5. The molecule has 0 spiro atoms. The largest absolute Gasteiger partial charge is 0.493 e. The zero-order valence-electron chi connectivity index (χ0n) is 18.4. The Labute approximate surface area is 185 Å². The van der Waals surface area contributed by atoms with Crippen LogP contribution in [0.4, 0.5) is 0 Å². The van der Waals surface area contributed by atoms with E-state index in [1.165, 1.54) is 6.07 Å². The third-order valence-corrected chi connectivity index (χ3v) is 5.35. The van der Waals surface area contributed by atoms with E-state index in [-0.39, 0.29) is 5.43 Å². The molecule has 0 aromatic heterocycles. The molecule has 0 heterocycles. The van der Waals surface area contributed by atoms with Gasteiger partial charge in [0.25, 0.3) is 0 Å². The van der Waals surface area contributed by atoms with Crippen molar-refractivity contribution in [2.45, 2.75) is 6.61 Å². The summed E-state index contributed by atoms with van der Waals surface area (Å²) in [6.45, 7) is 0.352. The second-order valence-electron chi connectivity index (χ2n) is 7.13. The zero-order chi connectivity index (χ0) is 22.7. The molecule has 0 radical (unpaired) electrons. The Morgan fingerprint density at radius 2 is 1.34 bits per heavy atom. The predicted molar refractivity (Wildman–Crippen MR) is 125 cm³/mol. The first-order chi connectivity index (χ1) is 15.6. The fourth-order valence-electron chi connectivity index (χ4n) is 3.82. The molecular formula is C26H24O6. The molecule has 0 bridgehead atoms. The van der Waals surface area contributed by atoms with Crippen molar-refractivity contribution in [2.24, 2.45) is 0 Å². The van der Waals surface area contributed by atoms with Crippen LogP contribution < -0.4 is 29.1 Å². The molecule has 0 atom stereocenters. The molecule has 0 aliphatic heterocycles. The number of hydrogen-bond acceptors (Lipinski definition) is 6. The Morgan fingerprint density at radius 3 is 2.00 bits per heavy atom. The quantitative estimate of drug-likeness (QED) is 0.411. The molecule has 0 amide bonds. The molecule has 0 aliphatic carbocycles. The highest BCUT2D eigenvalue weighted by atomic mass is 16.5. The summed E-state index contributed by atoms with van der Waals surface area (Å²) in [6, 6.07) is 18.4. The summed E-state index contributed by atoms with van der Waals surface area (Å²) >= 11 is 0. The summed E-state index contributed by atoms with van der Waals surface area (Å²) in [5.74, 6) is 2.43. The normalized spacial score (nSPS) is 10.8. The third kappa shape index (κ3) is 3.75. The van der Waals surface area contributed by atoms with Crippen molar-refractivity contribution in [2.75, 3.05) is 28.4 Å². The van der Waals surface area contributed by atoms with E-state index in [2.05, 4.69) is 0 Å². The standard InChI is InChI=1S/C26H24O6/c1-28-21-14-19-18(13-22(21)32-15-16-8-6-5-7-9-16)20(27)11-10-17-12-23(29-2)25(30-3)26(31-4)24(17)19/h5-14H,15H2,1-4H3. The van der Waals surface area contributed by atoms with Gasteiger partial charge in [-0.15, -0.1) is 0 Å². The van der Waals surface area contributed by atoms with Gasteiger partial charge in [-0.25, -0.2) is 0 Å². The van der Waals surface area contributed by atoms with Gasteiger partial charge in [0.05, 0.1) is 28.4 Å². The van der Waals surface area contributed by atoms with E-state index < -0.39 is 0 Å². The molecule has 0 aliphatic rings.